The van der Waals surface area contributed by atoms with Crippen molar-refractivity contribution in [2.24, 2.45) is 0 Å². The molecule has 126 valence electrons. The SMILES string of the molecule is CN1C(=S)N[C@H](c2ccccn2)[C@H]1c1cccn1-c1ccc(Cl)cn1. The minimum atomic E-state index is -0.0281. The lowest BCUT2D eigenvalue weighted by Crippen LogP contribution is -2.26. The molecule has 0 saturated carbocycles. The van der Waals surface area contributed by atoms with Gasteiger partial charge in [0, 0.05) is 31.3 Å². The highest BCUT2D eigenvalue weighted by Crippen LogP contribution is 2.38. The van der Waals surface area contributed by atoms with E-state index in [0.29, 0.717) is 10.1 Å². The molecule has 1 saturated heterocycles. The van der Waals surface area contributed by atoms with E-state index in [9.17, 15) is 0 Å². The van der Waals surface area contributed by atoms with Crippen LogP contribution in [0.25, 0.3) is 5.82 Å². The Bertz CT molecular complexity index is 893. The van der Waals surface area contributed by atoms with Crippen molar-refractivity contribution in [2.45, 2.75) is 12.1 Å². The zero-order chi connectivity index (χ0) is 17.4. The molecule has 0 aliphatic carbocycles. The Hall–Kier alpha value is -2.44. The number of likely N-dealkylation sites (N-methyl/N-ethyl adjacent to an activating group) is 1. The van der Waals surface area contributed by atoms with Gasteiger partial charge in [-0.1, -0.05) is 17.7 Å². The largest absolute Gasteiger partial charge is 0.352 e. The number of nitrogens with one attached hydrogen (secondary N) is 1. The maximum atomic E-state index is 5.97. The molecule has 1 aliphatic heterocycles. The van der Waals surface area contributed by atoms with Crippen LogP contribution in [0.3, 0.4) is 0 Å². The summed E-state index contributed by atoms with van der Waals surface area (Å²) < 4.78 is 2.06. The molecule has 4 rings (SSSR count). The third-order valence-electron chi connectivity index (χ3n) is 4.38. The average Bonchev–Trinajstić information content (AvgIpc) is 3.22. The van der Waals surface area contributed by atoms with Crippen LogP contribution in [0, 0.1) is 0 Å². The van der Waals surface area contributed by atoms with E-state index in [1.54, 1.807) is 12.4 Å². The fraction of sp³-hybridized carbons (Fsp3) is 0.167. The summed E-state index contributed by atoms with van der Waals surface area (Å²) in [5, 5.41) is 4.71. The summed E-state index contributed by atoms with van der Waals surface area (Å²) in [5.74, 6) is 0.815. The van der Waals surface area contributed by atoms with Crippen LogP contribution in [0.2, 0.25) is 5.02 Å². The van der Waals surface area contributed by atoms with E-state index in [1.165, 1.54) is 0 Å². The van der Waals surface area contributed by atoms with Gasteiger partial charge in [0.1, 0.15) is 5.82 Å². The number of thiocarbonyl (C=S) groups is 1. The summed E-state index contributed by atoms with van der Waals surface area (Å²) in [6.45, 7) is 0. The maximum absolute atomic E-state index is 5.97. The molecule has 3 aromatic rings. The van der Waals surface area contributed by atoms with Crippen LogP contribution in [0.5, 0.6) is 0 Å². The summed E-state index contributed by atoms with van der Waals surface area (Å²) in [4.78, 5) is 11.0. The lowest BCUT2D eigenvalue weighted by molar-refractivity contribution is 0.356. The van der Waals surface area contributed by atoms with Gasteiger partial charge in [-0.25, -0.2) is 4.98 Å². The minimum Gasteiger partial charge on any atom is -0.352 e. The van der Waals surface area contributed by atoms with Crippen molar-refractivity contribution in [2.75, 3.05) is 7.05 Å². The molecule has 1 fully saturated rings. The molecule has 0 aromatic carbocycles. The fourth-order valence-corrected chi connectivity index (χ4v) is 3.54. The van der Waals surface area contributed by atoms with Gasteiger partial charge < -0.3 is 14.8 Å². The summed E-state index contributed by atoms with van der Waals surface area (Å²) >= 11 is 11.5. The maximum Gasteiger partial charge on any atom is 0.169 e. The third-order valence-corrected chi connectivity index (χ3v) is 5.01. The van der Waals surface area contributed by atoms with Gasteiger partial charge in [-0.05, 0) is 48.6 Å². The van der Waals surface area contributed by atoms with Gasteiger partial charge >= 0.3 is 0 Å². The van der Waals surface area contributed by atoms with Crippen LogP contribution >= 0.6 is 23.8 Å². The summed E-state index contributed by atoms with van der Waals surface area (Å²) in [5.41, 5.74) is 2.04. The highest BCUT2D eigenvalue weighted by atomic mass is 35.5. The van der Waals surface area contributed by atoms with Crippen LogP contribution in [-0.4, -0.2) is 31.6 Å². The molecule has 5 nitrogen and oxygen atoms in total. The summed E-state index contributed by atoms with van der Waals surface area (Å²) in [7, 11) is 2.00. The molecule has 0 radical (unpaired) electrons. The van der Waals surface area contributed by atoms with E-state index < -0.39 is 0 Å². The second kappa shape index (κ2) is 6.46. The number of aromatic nitrogens is 3. The zero-order valence-electron chi connectivity index (χ0n) is 13.5. The normalized spacial score (nSPS) is 19.9. The topological polar surface area (TPSA) is 46.0 Å². The van der Waals surface area contributed by atoms with E-state index in [-0.39, 0.29) is 12.1 Å². The standard InChI is InChI=1S/C18H16ClN5S/c1-23-17(16(22-18(23)25)13-5-2-3-9-20-13)14-6-4-10-24(14)15-8-7-12(19)11-21-15/h2-11,16-17H,1H3,(H,22,25)/t16-,17-/m1/s1. The minimum absolute atomic E-state index is 0.00915. The van der Waals surface area contributed by atoms with Crippen molar-refractivity contribution in [1.29, 1.82) is 0 Å². The number of hydrogen-bond acceptors (Lipinski definition) is 3. The summed E-state index contributed by atoms with van der Waals surface area (Å²) in [6, 6.07) is 13.7. The zero-order valence-corrected chi connectivity index (χ0v) is 15.1. The molecular weight excluding hydrogens is 354 g/mol. The molecule has 0 bridgehead atoms. The quantitative estimate of drug-likeness (QED) is 0.716. The van der Waals surface area contributed by atoms with E-state index in [4.69, 9.17) is 23.8 Å². The molecule has 7 heteroatoms. The van der Waals surface area contributed by atoms with Crippen molar-refractivity contribution in [3.05, 3.63) is 77.5 Å². The summed E-state index contributed by atoms with van der Waals surface area (Å²) in [6.07, 6.45) is 5.45. The first-order chi connectivity index (χ1) is 12.1. The Morgan fingerprint density at radius 2 is 2.00 bits per heavy atom. The van der Waals surface area contributed by atoms with Gasteiger partial charge in [0.25, 0.3) is 0 Å². The first-order valence-electron chi connectivity index (χ1n) is 7.88. The molecule has 25 heavy (non-hydrogen) atoms. The Kier molecular flexibility index (Phi) is 4.15. The van der Waals surface area contributed by atoms with Crippen molar-refractivity contribution in [1.82, 2.24) is 24.8 Å². The van der Waals surface area contributed by atoms with Crippen molar-refractivity contribution in [3.8, 4) is 5.82 Å². The number of hydrogen-bond donors (Lipinski definition) is 1. The van der Waals surface area contributed by atoms with E-state index in [0.717, 1.165) is 17.2 Å². The smallest absolute Gasteiger partial charge is 0.169 e. The predicted molar refractivity (Wildman–Crippen MR) is 102 cm³/mol. The second-order valence-corrected chi connectivity index (χ2v) is 6.70. The first-order valence-corrected chi connectivity index (χ1v) is 8.67. The van der Waals surface area contributed by atoms with Crippen molar-refractivity contribution < 1.29 is 0 Å². The van der Waals surface area contributed by atoms with Crippen LogP contribution < -0.4 is 5.32 Å². The lowest BCUT2D eigenvalue weighted by atomic mass is 10.0. The molecule has 1 aliphatic rings. The van der Waals surface area contributed by atoms with Gasteiger partial charge in [0.15, 0.2) is 5.11 Å². The van der Waals surface area contributed by atoms with Gasteiger partial charge in [-0.15, -0.1) is 0 Å². The van der Waals surface area contributed by atoms with Gasteiger partial charge in [0.05, 0.1) is 22.8 Å². The van der Waals surface area contributed by atoms with Crippen LogP contribution in [0.1, 0.15) is 23.5 Å². The Labute approximate surface area is 156 Å². The second-order valence-electron chi connectivity index (χ2n) is 5.88. The van der Waals surface area contributed by atoms with Crippen LogP contribution in [0.15, 0.2) is 61.1 Å². The van der Waals surface area contributed by atoms with Gasteiger partial charge in [-0.2, -0.15) is 0 Å². The highest BCUT2D eigenvalue weighted by molar-refractivity contribution is 7.80. The molecule has 4 heterocycles. The Balaban J connectivity index is 1.78. The van der Waals surface area contributed by atoms with Crippen molar-refractivity contribution in [3.63, 3.8) is 0 Å². The molecule has 3 aromatic heterocycles. The molecule has 0 spiro atoms. The number of rotatable bonds is 3. The van der Waals surface area contributed by atoms with Gasteiger partial charge in [-0.3, -0.25) is 4.98 Å². The van der Waals surface area contributed by atoms with Crippen LogP contribution in [0.4, 0.5) is 0 Å². The predicted octanol–water partition coefficient (Wildman–Crippen LogP) is 3.52. The van der Waals surface area contributed by atoms with E-state index in [2.05, 4.69) is 30.8 Å². The number of pyridine rings is 2. The average molecular weight is 370 g/mol. The molecule has 2 atom stereocenters. The van der Waals surface area contributed by atoms with Gasteiger partial charge in [0.2, 0.25) is 0 Å². The molecule has 0 amide bonds. The number of halogens is 1. The van der Waals surface area contributed by atoms with Crippen molar-refractivity contribution >= 4 is 28.9 Å². The Morgan fingerprint density at radius 1 is 1.12 bits per heavy atom. The van der Waals surface area contributed by atoms with E-state index >= 15 is 0 Å². The lowest BCUT2D eigenvalue weighted by Gasteiger charge is -2.25. The monoisotopic (exact) mass is 369 g/mol. The third kappa shape index (κ3) is 2.88. The number of nitrogens with zero attached hydrogens (tertiary/aromatic N) is 4. The molecule has 0 unspecified atom stereocenters. The molecular formula is C18H16ClN5S. The van der Waals surface area contributed by atoms with E-state index in [1.807, 2.05) is 49.6 Å². The highest BCUT2D eigenvalue weighted by Gasteiger charge is 2.39. The molecule has 1 N–H and O–H groups in total. The fourth-order valence-electron chi connectivity index (χ4n) is 3.18. The first kappa shape index (κ1) is 16.1. The Morgan fingerprint density at radius 3 is 2.72 bits per heavy atom. The van der Waals surface area contributed by atoms with Crippen LogP contribution in [-0.2, 0) is 0 Å².